The summed E-state index contributed by atoms with van der Waals surface area (Å²) < 4.78 is 0. The smallest absolute Gasteiger partial charge is 0.316 e. The molecular formula is C16H25N3O. The third-order valence-electron chi connectivity index (χ3n) is 4.16. The highest BCUT2D eigenvalue weighted by molar-refractivity contribution is 5.87. The van der Waals surface area contributed by atoms with Gasteiger partial charge in [-0.25, -0.2) is 4.79 Å². The molecule has 1 aliphatic rings. The molecule has 20 heavy (non-hydrogen) atoms. The minimum absolute atomic E-state index is 0.332. The van der Waals surface area contributed by atoms with Gasteiger partial charge in [0.05, 0.1) is 0 Å². The first-order valence-electron chi connectivity index (χ1n) is 7.55. The molecule has 1 atom stereocenters. The number of hydrogen-bond acceptors (Lipinski definition) is 2. The van der Waals surface area contributed by atoms with Gasteiger partial charge in [0, 0.05) is 11.7 Å². The van der Waals surface area contributed by atoms with E-state index in [0.717, 1.165) is 18.2 Å². The Hall–Kier alpha value is -1.55. The first kappa shape index (κ1) is 14.9. The zero-order valence-electron chi connectivity index (χ0n) is 12.2. The Morgan fingerprint density at radius 2 is 1.95 bits per heavy atom. The monoisotopic (exact) mass is 275 g/mol. The molecular weight excluding hydrogens is 250 g/mol. The van der Waals surface area contributed by atoms with Crippen LogP contribution in [-0.4, -0.2) is 12.6 Å². The lowest BCUT2D eigenvalue weighted by molar-refractivity contribution is 0.259. The van der Waals surface area contributed by atoms with Crippen molar-refractivity contribution in [2.45, 2.75) is 45.1 Å². The number of nitrogens with one attached hydrogen (secondary N) is 2. The highest BCUT2D eigenvalue weighted by atomic mass is 16.2. The van der Waals surface area contributed by atoms with Crippen molar-refractivity contribution in [3.05, 3.63) is 29.8 Å². The summed E-state index contributed by atoms with van der Waals surface area (Å²) in [5, 5.41) is 6.14. The maximum absolute atomic E-state index is 10.8. The van der Waals surface area contributed by atoms with Crippen molar-refractivity contribution < 1.29 is 4.79 Å². The highest BCUT2D eigenvalue weighted by Gasteiger charge is 2.14. The minimum atomic E-state index is -0.527. The summed E-state index contributed by atoms with van der Waals surface area (Å²) in [5.41, 5.74) is 7.05. The molecule has 0 aliphatic heterocycles. The lowest BCUT2D eigenvalue weighted by Crippen LogP contribution is -2.22. The second kappa shape index (κ2) is 7.29. The van der Waals surface area contributed by atoms with Crippen molar-refractivity contribution in [2.24, 2.45) is 11.7 Å². The summed E-state index contributed by atoms with van der Waals surface area (Å²) in [6.45, 7) is 3.25. The van der Waals surface area contributed by atoms with Gasteiger partial charge in [0.1, 0.15) is 0 Å². The Morgan fingerprint density at radius 1 is 1.30 bits per heavy atom. The first-order valence-corrected chi connectivity index (χ1v) is 7.55. The molecule has 1 aromatic carbocycles. The average molecular weight is 275 g/mol. The van der Waals surface area contributed by atoms with Crippen LogP contribution in [0.4, 0.5) is 10.5 Å². The zero-order valence-corrected chi connectivity index (χ0v) is 12.2. The molecule has 4 nitrogen and oxygen atoms in total. The molecule has 1 saturated carbocycles. The van der Waals surface area contributed by atoms with E-state index in [4.69, 9.17) is 5.73 Å². The highest BCUT2D eigenvalue weighted by Crippen LogP contribution is 2.27. The van der Waals surface area contributed by atoms with E-state index in [2.05, 4.69) is 17.6 Å². The molecule has 4 N–H and O–H groups in total. The van der Waals surface area contributed by atoms with Crippen LogP contribution in [0.25, 0.3) is 0 Å². The van der Waals surface area contributed by atoms with Gasteiger partial charge in [0.2, 0.25) is 0 Å². The van der Waals surface area contributed by atoms with Crippen LogP contribution in [-0.2, 0) is 0 Å². The van der Waals surface area contributed by atoms with Crippen molar-refractivity contribution in [3.8, 4) is 0 Å². The molecule has 0 radical (unpaired) electrons. The van der Waals surface area contributed by atoms with Gasteiger partial charge in [-0.15, -0.1) is 0 Å². The van der Waals surface area contributed by atoms with Crippen molar-refractivity contribution in [2.75, 3.05) is 11.9 Å². The van der Waals surface area contributed by atoms with E-state index in [1.807, 2.05) is 24.3 Å². The Bertz CT molecular complexity index is 424. The maximum atomic E-state index is 10.8. The van der Waals surface area contributed by atoms with Crippen LogP contribution in [0.1, 0.15) is 50.6 Å². The van der Waals surface area contributed by atoms with Crippen LogP contribution >= 0.6 is 0 Å². The molecule has 0 aromatic heterocycles. The predicted molar refractivity (Wildman–Crippen MR) is 82.6 cm³/mol. The largest absolute Gasteiger partial charge is 0.351 e. The quantitative estimate of drug-likeness (QED) is 0.744. The van der Waals surface area contributed by atoms with Gasteiger partial charge >= 0.3 is 6.03 Å². The van der Waals surface area contributed by atoms with E-state index in [-0.39, 0.29) is 0 Å². The second-order valence-corrected chi connectivity index (χ2v) is 5.73. The lowest BCUT2D eigenvalue weighted by atomic mass is 10.0. The number of benzene rings is 1. The van der Waals surface area contributed by atoms with E-state index < -0.39 is 6.03 Å². The summed E-state index contributed by atoms with van der Waals surface area (Å²) in [5.74, 6) is 0.928. The summed E-state index contributed by atoms with van der Waals surface area (Å²) in [7, 11) is 0. The van der Waals surface area contributed by atoms with Gasteiger partial charge < -0.3 is 16.4 Å². The topological polar surface area (TPSA) is 67.2 Å². The molecule has 4 heteroatoms. The Morgan fingerprint density at radius 3 is 2.55 bits per heavy atom. The van der Waals surface area contributed by atoms with Gasteiger partial charge in [-0.1, -0.05) is 37.8 Å². The molecule has 0 heterocycles. The zero-order chi connectivity index (χ0) is 14.4. The standard InChI is InChI=1S/C16H25N3O/c1-12(18-11-10-13-4-2-3-5-13)14-6-8-15(9-7-14)19-16(17)20/h6-9,12-13,18H,2-5,10-11H2,1H3,(H3,17,19,20). The van der Waals surface area contributed by atoms with Gasteiger partial charge in [-0.2, -0.15) is 0 Å². The SMILES string of the molecule is CC(NCCC1CCCC1)c1ccc(NC(N)=O)cc1. The molecule has 1 aromatic rings. The Balaban J connectivity index is 1.76. The first-order chi connectivity index (χ1) is 9.65. The summed E-state index contributed by atoms with van der Waals surface area (Å²) in [6, 6.07) is 7.63. The fourth-order valence-electron chi connectivity index (χ4n) is 2.92. The molecule has 0 spiro atoms. The number of hydrogen-bond donors (Lipinski definition) is 3. The molecule has 0 bridgehead atoms. The van der Waals surface area contributed by atoms with Gasteiger partial charge in [0.15, 0.2) is 0 Å². The second-order valence-electron chi connectivity index (χ2n) is 5.73. The third-order valence-corrected chi connectivity index (χ3v) is 4.16. The number of primary amides is 1. The van der Waals surface area contributed by atoms with Crippen LogP contribution in [0.15, 0.2) is 24.3 Å². The van der Waals surface area contributed by atoms with E-state index in [9.17, 15) is 4.79 Å². The fourth-order valence-corrected chi connectivity index (χ4v) is 2.92. The van der Waals surface area contributed by atoms with Crippen LogP contribution < -0.4 is 16.4 Å². The third kappa shape index (κ3) is 4.53. The van der Waals surface area contributed by atoms with Gasteiger partial charge in [-0.3, -0.25) is 0 Å². The number of carbonyl (C=O) groups excluding carboxylic acids is 1. The van der Waals surface area contributed by atoms with Crippen LogP contribution in [0.2, 0.25) is 0 Å². The number of amides is 2. The molecule has 1 unspecified atom stereocenters. The summed E-state index contributed by atoms with van der Waals surface area (Å²) >= 11 is 0. The number of anilines is 1. The van der Waals surface area contributed by atoms with Crippen LogP contribution in [0.5, 0.6) is 0 Å². The maximum Gasteiger partial charge on any atom is 0.316 e. The number of rotatable bonds is 6. The van der Waals surface area contributed by atoms with Crippen molar-refractivity contribution in [1.82, 2.24) is 5.32 Å². The summed E-state index contributed by atoms with van der Waals surface area (Å²) in [4.78, 5) is 10.8. The van der Waals surface area contributed by atoms with Gasteiger partial charge in [0.25, 0.3) is 0 Å². The lowest BCUT2D eigenvalue weighted by Gasteiger charge is -2.16. The number of carbonyl (C=O) groups is 1. The predicted octanol–water partition coefficient (Wildman–Crippen LogP) is 3.41. The Labute approximate surface area is 121 Å². The van der Waals surface area contributed by atoms with Gasteiger partial charge in [-0.05, 0) is 43.5 Å². The van der Waals surface area contributed by atoms with Crippen molar-refractivity contribution >= 4 is 11.7 Å². The minimum Gasteiger partial charge on any atom is -0.351 e. The van der Waals surface area contributed by atoms with E-state index in [1.54, 1.807) is 0 Å². The Kier molecular flexibility index (Phi) is 5.41. The molecule has 2 rings (SSSR count). The van der Waals surface area contributed by atoms with Crippen molar-refractivity contribution in [3.63, 3.8) is 0 Å². The normalized spacial score (nSPS) is 17.1. The van der Waals surface area contributed by atoms with Crippen LogP contribution in [0, 0.1) is 5.92 Å². The van der Waals surface area contributed by atoms with Crippen molar-refractivity contribution in [1.29, 1.82) is 0 Å². The number of urea groups is 1. The average Bonchev–Trinajstić information content (AvgIpc) is 2.92. The molecule has 0 saturated heterocycles. The van der Waals surface area contributed by atoms with E-state index >= 15 is 0 Å². The number of nitrogens with two attached hydrogens (primary N) is 1. The molecule has 1 aliphatic carbocycles. The van der Waals surface area contributed by atoms with E-state index in [1.165, 1.54) is 37.7 Å². The summed E-state index contributed by atoms with van der Waals surface area (Å²) in [6.07, 6.45) is 6.92. The van der Waals surface area contributed by atoms with Crippen LogP contribution in [0.3, 0.4) is 0 Å². The van der Waals surface area contributed by atoms with E-state index in [0.29, 0.717) is 6.04 Å². The molecule has 110 valence electrons. The molecule has 2 amide bonds. The molecule has 1 fully saturated rings. The fraction of sp³-hybridized carbons (Fsp3) is 0.562.